The van der Waals surface area contributed by atoms with Crippen LogP contribution in [0.5, 0.6) is 0 Å². The SMILES string of the molecule is Cc1cccc2sc(-c3cc(Cl)ccc3N)nc12. The van der Waals surface area contributed by atoms with Crippen LogP contribution in [-0.2, 0) is 0 Å². The maximum Gasteiger partial charge on any atom is 0.126 e. The second-order valence-electron chi connectivity index (χ2n) is 4.17. The highest BCUT2D eigenvalue weighted by atomic mass is 35.5. The topological polar surface area (TPSA) is 38.9 Å². The molecule has 1 aromatic heterocycles. The first-order chi connectivity index (χ1) is 8.65. The van der Waals surface area contributed by atoms with Crippen LogP contribution in [0.4, 0.5) is 5.69 Å². The Hall–Kier alpha value is -1.58. The van der Waals surface area contributed by atoms with Gasteiger partial charge in [0.2, 0.25) is 0 Å². The Kier molecular flexibility index (Phi) is 2.73. The predicted molar refractivity (Wildman–Crippen MR) is 79.2 cm³/mol. The second kappa shape index (κ2) is 4.26. The van der Waals surface area contributed by atoms with Gasteiger partial charge in [0.05, 0.1) is 10.2 Å². The van der Waals surface area contributed by atoms with E-state index in [-0.39, 0.29) is 0 Å². The second-order valence-corrected chi connectivity index (χ2v) is 5.64. The van der Waals surface area contributed by atoms with Crippen molar-refractivity contribution in [2.24, 2.45) is 0 Å². The van der Waals surface area contributed by atoms with E-state index in [1.165, 1.54) is 10.3 Å². The molecule has 0 spiro atoms. The van der Waals surface area contributed by atoms with Crippen molar-refractivity contribution in [1.82, 2.24) is 4.98 Å². The third-order valence-electron chi connectivity index (χ3n) is 2.87. The van der Waals surface area contributed by atoms with Crippen LogP contribution in [0.1, 0.15) is 5.56 Å². The molecule has 0 aliphatic rings. The molecule has 0 unspecified atom stereocenters. The molecule has 0 bridgehead atoms. The lowest BCUT2D eigenvalue weighted by atomic mass is 10.2. The Bertz CT molecular complexity index is 734. The molecule has 2 nitrogen and oxygen atoms in total. The number of benzene rings is 2. The van der Waals surface area contributed by atoms with Crippen molar-refractivity contribution in [2.45, 2.75) is 6.92 Å². The van der Waals surface area contributed by atoms with Crippen molar-refractivity contribution in [2.75, 3.05) is 5.73 Å². The fourth-order valence-electron chi connectivity index (χ4n) is 1.92. The molecule has 2 aromatic carbocycles. The molecule has 0 fully saturated rings. The number of rotatable bonds is 1. The zero-order chi connectivity index (χ0) is 12.7. The Morgan fingerprint density at radius 3 is 2.83 bits per heavy atom. The number of aryl methyl sites for hydroxylation is 1. The highest BCUT2D eigenvalue weighted by molar-refractivity contribution is 7.21. The first-order valence-corrected chi connectivity index (χ1v) is 6.76. The molecule has 90 valence electrons. The van der Waals surface area contributed by atoms with Gasteiger partial charge in [0.1, 0.15) is 5.01 Å². The monoisotopic (exact) mass is 274 g/mol. The lowest BCUT2D eigenvalue weighted by Crippen LogP contribution is -1.89. The Morgan fingerprint density at radius 1 is 1.22 bits per heavy atom. The van der Waals surface area contributed by atoms with Crippen molar-refractivity contribution >= 4 is 38.8 Å². The van der Waals surface area contributed by atoms with Crippen molar-refractivity contribution in [1.29, 1.82) is 0 Å². The summed E-state index contributed by atoms with van der Waals surface area (Å²) in [4.78, 5) is 4.66. The average Bonchev–Trinajstić information content (AvgIpc) is 2.77. The number of para-hydroxylation sites is 1. The first-order valence-electron chi connectivity index (χ1n) is 5.57. The number of thiazole rings is 1. The quantitative estimate of drug-likeness (QED) is 0.663. The highest BCUT2D eigenvalue weighted by Gasteiger charge is 2.10. The molecule has 0 aliphatic heterocycles. The van der Waals surface area contributed by atoms with Gasteiger partial charge < -0.3 is 5.73 Å². The summed E-state index contributed by atoms with van der Waals surface area (Å²) in [6.07, 6.45) is 0. The van der Waals surface area contributed by atoms with Crippen LogP contribution in [0.2, 0.25) is 5.02 Å². The first kappa shape index (κ1) is 11.5. The summed E-state index contributed by atoms with van der Waals surface area (Å²) < 4.78 is 1.17. The molecule has 0 aliphatic carbocycles. The largest absolute Gasteiger partial charge is 0.398 e. The van der Waals surface area contributed by atoms with Crippen molar-refractivity contribution < 1.29 is 0 Å². The van der Waals surface area contributed by atoms with E-state index in [4.69, 9.17) is 17.3 Å². The van der Waals surface area contributed by atoms with E-state index in [9.17, 15) is 0 Å². The number of fused-ring (bicyclic) bond motifs is 1. The number of nitrogens with zero attached hydrogens (tertiary/aromatic N) is 1. The summed E-state index contributed by atoms with van der Waals surface area (Å²) in [7, 11) is 0. The number of nitrogens with two attached hydrogens (primary N) is 1. The van der Waals surface area contributed by atoms with Crippen LogP contribution in [0.15, 0.2) is 36.4 Å². The summed E-state index contributed by atoms with van der Waals surface area (Å²) >= 11 is 7.66. The van der Waals surface area contributed by atoms with Gasteiger partial charge in [0, 0.05) is 16.3 Å². The minimum atomic E-state index is 0.676. The Labute approximate surface area is 114 Å². The van der Waals surface area contributed by atoms with E-state index < -0.39 is 0 Å². The van der Waals surface area contributed by atoms with Crippen LogP contribution in [0.3, 0.4) is 0 Å². The van der Waals surface area contributed by atoms with E-state index in [0.29, 0.717) is 10.7 Å². The highest BCUT2D eigenvalue weighted by Crippen LogP contribution is 2.35. The Balaban J connectivity index is 2.26. The van der Waals surface area contributed by atoms with Gasteiger partial charge in [-0.3, -0.25) is 0 Å². The molecule has 2 N–H and O–H groups in total. The van der Waals surface area contributed by atoms with Crippen molar-refractivity contribution in [3.8, 4) is 10.6 Å². The molecule has 4 heteroatoms. The van der Waals surface area contributed by atoms with Gasteiger partial charge in [-0.05, 0) is 36.8 Å². The van der Waals surface area contributed by atoms with Gasteiger partial charge in [-0.2, -0.15) is 0 Å². The fourth-order valence-corrected chi connectivity index (χ4v) is 3.17. The van der Waals surface area contributed by atoms with Gasteiger partial charge in [-0.15, -0.1) is 11.3 Å². The number of halogens is 1. The molecule has 3 rings (SSSR count). The third kappa shape index (κ3) is 1.85. The van der Waals surface area contributed by atoms with Crippen molar-refractivity contribution in [3.63, 3.8) is 0 Å². The zero-order valence-electron chi connectivity index (χ0n) is 9.77. The summed E-state index contributed by atoms with van der Waals surface area (Å²) in [5.74, 6) is 0. The molecule has 0 radical (unpaired) electrons. The van der Waals surface area contributed by atoms with Crippen molar-refractivity contribution in [3.05, 3.63) is 47.0 Å². The number of hydrogen-bond acceptors (Lipinski definition) is 3. The molecular formula is C14H11ClN2S. The lowest BCUT2D eigenvalue weighted by Gasteiger charge is -2.01. The van der Waals surface area contributed by atoms with Gasteiger partial charge in [-0.25, -0.2) is 4.98 Å². The third-order valence-corrected chi connectivity index (χ3v) is 4.16. The number of aromatic nitrogens is 1. The van der Waals surface area contributed by atoms with Crippen LogP contribution in [-0.4, -0.2) is 4.98 Å². The van der Waals surface area contributed by atoms with E-state index in [1.54, 1.807) is 17.4 Å². The number of hydrogen-bond donors (Lipinski definition) is 1. The van der Waals surface area contributed by atoms with E-state index in [2.05, 4.69) is 24.0 Å². The molecule has 0 saturated heterocycles. The number of nitrogen functional groups attached to an aromatic ring is 1. The molecule has 18 heavy (non-hydrogen) atoms. The molecule has 0 amide bonds. The molecule has 1 heterocycles. The van der Waals surface area contributed by atoms with E-state index in [1.807, 2.05) is 18.2 Å². The molecule has 3 aromatic rings. The summed E-state index contributed by atoms with van der Waals surface area (Å²) in [6, 6.07) is 11.7. The van der Waals surface area contributed by atoms with E-state index in [0.717, 1.165) is 16.1 Å². The molecule has 0 atom stereocenters. The van der Waals surface area contributed by atoms with Gasteiger partial charge in [0.25, 0.3) is 0 Å². The predicted octanol–water partition coefficient (Wildman–Crippen LogP) is 4.51. The van der Waals surface area contributed by atoms with Gasteiger partial charge in [0.15, 0.2) is 0 Å². The molecular weight excluding hydrogens is 264 g/mol. The van der Waals surface area contributed by atoms with E-state index >= 15 is 0 Å². The minimum absolute atomic E-state index is 0.676. The summed E-state index contributed by atoms with van der Waals surface area (Å²) in [6.45, 7) is 2.06. The molecule has 0 saturated carbocycles. The van der Waals surface area contributed by atoms with Crippen LogP contribution >= 0.6 is 22.9 Å². The number of anilines is 1. The maximum atomic E-state index is 6.02. The summed E-state index contributed by atoms with van der Waals surface area (Å²) in [5.41, 5.74) is 9.82. The van der Waals surface area contributed by atoms with Gasteiger partial charge >= 0.3 is 0 Å². The van der Waals surface area contributed by atoms with Gasteiger partial charge in [-0.1, -0.05) is 23.7 Å². The van der Waals surface area contributed by atoms with Crippen LogP contribution < -0.4 is 5.73 Å². The standard InChI is InChI=1S/C14H11ClN2S/c1-8-3-2-4-12-13(8)17-14(18-12)10-7-9(15)5-6-11(10)16/h2-7H,16H2,1H3. The Morgan fingerprint density at radius 2 is 2.06 bits per heavy atom. The summed E-state index contributed by atoms with van der Waals surface area (Å²) in [5, 5.41) is 1.59. The van der Waals surface area contributed by atoms with Crippen LogP contribution in [0.25, 0.3) is 20.8 Å². The lowest BCUT2D eigenvalue weighted by molar-refractivity contribution is 1.42. The maximum absolute atomic E-state index is 6.02. The minimum Gasteiger partial charge on any atom is -0.398 e. The fraction of sp³-hybridized carbons (Fsp3) is 0.0714. The average molecular weight is 275 g/mol. The smallest absolute Gasteiger partial charge is 0.126 e. The zero-order valence-corrected chi connectivity index (χ0v) is 11.3. The normalized spacial score (nSPS) is 11.0. The van der Waals surface area contributed by atoms with Crippen LogP contribution in [0, 0.1) is 6.92 Å².